The Morgan fingerprint density at radius 2 is 1.78 bits per heavy atom. The highest BCUT2D eigenvalue weighted by Crippen LogP contribution is 2.62. The molecule has 0 aromatic carbocycles. The molecule has 4 aliphatic rings. The van der Waals surface area contributed by atoms with Crippen LogP contribution in [0.15, 0.2) is 0 Å². The van der Waals surface area contributed by atoms with Crippen LogP contribution in [0.5, 0.6) is 0 Å². The van der Waals surface area contributed by atoms with Crippen molar-refractivity contribution in [2.45, 2.75) is 76.3 Å². The van der Waals surface area contributed by atoms with E-state index in [1.54, 1.807) is 7.11 Å². The Morgan fingerprint density at radius 1 is 1.22 bits per heavy atom. The van der Waals surface area contributed by atoms with Crippen LogP contribution in [0.1, 0.15) is 52.9 Å². The summed E-state index contributed by atoms with van der Waals surface area (Å²) in [5.74, 6) is -4.19. The fourth-order valence-electron chi connectivity index (χ4n) is 5.12. The van der Waals surface area contributed by atoms with Gasteiger partial charge in [0.05, 0.1) is 5.60 Å². The quantitative estimate of drug-likeness (QED) is 0.571. The molecule has 3 atom stereocenters. The van der Waals surface area contributed by atoms with Crippen molar-refractivity contribution in [1.82, 2.24) is 0 Å². The molecule has 0 spiro atoms. The highest BCUT2D eigenvalue weighted by molar-refractivity contribution is 5.77. The van der Waals surface area contributed by atoms with Gasteiger partial charge in [-0.05, 0) is 51.9 Å². The van der Waals surface area contributed by atoms with Gasteiger partial charge in [0.25, 0.3) is 0 Å². The summed E-state index contributed by atoms with van der Waals surface area (Å²) in [7, 11) is 1.61. The molecule has 4 saturated carbocycles. The van der Waals surface area contributed by atoms with Crippen LogP contribution in [0.2, 0.25) is 0 Å². The molecule has 4 nitrogen and oxygen atoms in total. The zero-order valence-electron chi connectivity index (χ0n) is 14.2. The fourth-order valence-corrected chi connectivity index (χ4v) is 5.12. The van der Waals surface area contributed by atoms with Crippen molar-refractivity contribution in [3.05, 3.63) is 0 Å². The third-order valence-corrected chi connectivity index (χ3v) is 6.17. The smallest absolute Gasteiger partial charge is 0.377 e. The van der Waals surface area contributed by atoms with E-state index in [0.29, 0.717) is 12.8 Å². The van der Waals surface area contributed by atoms with E-state index in [9.17, 15) is 13.6 Å². The van der Waals surface area contributed by atoms with Gasteiger partial charge in [-0.25, -0.2) is 4.79 Å². The summed E-state index contributed by atoms with van der Waals surface area (Å²) in [5, 5.41) is 0. The number of carbonyl (C=O) groups excluding carboxylic acids is 1. The topological polar surface area (TPSA) is 44.8 Å². The van der Waals surface area contributed by atoms with Gasteiger partial charge in [-0.3, -0.25) is 0 Å². The largest absolute Gasteiger partial charge is 0.454 e. The minimum absolute atomic E-state index is 0.0732. The third-order valence-electron chi connectivity index (χ3n) is 6.17. The SMILES string of the molecule is COC(C)OC12CC3CC(C1)C(C)(OC(=O)C(C)(F)F)C(C3)C2. The first-order valence-electron chi connectivity index (χ1n) is 8.40. The first-order chi connectivity index (χ1) is 10.6. The molecule has 0 N–H and O–H groups in total. The zero-order valence-corrected chi connectivity index (χ0v) is 14.2. The molecule has 0 aromatic heterocycles. The fraction of sp³-hybridized carbons (Fsp3) is 0.941. The summed E-state index contributed by atoms with van der Waals surface area (Å²) in [6, 6.07) is 0. The van der Waals surface area contributed by atoms with E-state index in [1.165, 1.54) is 0 Å². The molecule has 4 aliphatic carbocycles. The monoisotopic (exact) mass is 332 g/mol. The molecule has 6 heteroatoms. The van der Waals surface area contributed by atoms with Gasteiger partial charge in [0.1, 0.15) is 5.60 Å². The van der Waals surface area contributed by atoms with Crippen molar-refractivity contribution in [1.29, 1.82) is 0 Å². The average molecular weight is 332 g/mol. The van der Waals surface area contributed by atoms with Gasteiger partial charge >= 0.3 is 11.9 Å². The molecule has 0 aliphatic heterocycles. The lowest BCUT2D eigenvalue weighted by Crippen LogP contribution is -2.65. The van der Waals surface area contributed by atoms with E-state index < -0.39 is 17.5 Å². The van der Waals surface area contributed by atoms with Crippen molar-refractivity contribution in [2.24, 2.45) is 17.8 Å². The van der Waals surface area contributed by atoms with Gasteiger partial charge in [0, 0.05) is 25.9 Å². The summed E-state index contributed by atoms with van der Waals surface area (Å²) in [4.78, 5) is 11.7. The van der Waals surface area contributed by atoms with Crippen molar-refractivity contribution < 1.29 is 27.8 Å². The van der Waals surface area contributed by atoms with Crippen molar-refractivity contribution >= 4 is 5.97 Å². The highest BCUT2D eigenvalue weighted by Gasteiger charge is 2.63. The second-order valence-electron chi connectivity index (χ2n) is 7.91. The van der Waals surface area contributed by atoms with Crippen molar-refractivity contribution in [2.75, 3.05) is 7.11 Å². The first-order valence-corrected chi connectivity index (χ1v) is 8.40. The Balaban J connectivity index is 1.79. The standard InChI is InChI=1S/C17H26F2O4/c1-10(21-4)22-17-7-11-5-12(8-17)15(2,13(6-11)9-17)23-14(20)16(3,18)19/h10-13H,5-9H2,1-4H3. The minimum Gasteiger partial charge on any atom is -0.454 e. The van der Waals surface area contributed by atoms with E-state index in [1.807, 2.05) is 13.8 Å². The molecule has 4 fully saturated rings. The van der Waals surface area contributed by atoms with E-state index in [0.717, 1.165) is 32.1 Å². The molecule has 23 heavy (non-hydrogen) atoms. The van der Waals surface area contributed by atoms with E-state index in [4.69, 9.17) is 14.2 Å². The van der Waals surface area contributed by atoms with E-state index >= 15 is 0 Å². The Hall–Kier alpha value is -0.750. The van der Waals surface area contributed by atoms with Crippen LogP contribution in [0.25, 0.3) is 0 Å². The maximum absolute atomic E-state index is 13.3. The zero-order chi connectivity index (χ0) is 17.0. The van der Waals surface area contributed by atoms with E-state index in [2.05, 4.69) is 0 Å². The average Bonchev–Trinajstić information content (AvgIpc) is 2.42. The number of alkyl halides is 2. The lowest BCUT2D eigenvalue weighted by atomic mass is 9.48. The number of hydrogen-bond acceptors (Lipinski definition) is 4. The molecule has 0 aromatic rings. The predicted molar refractivity (Wildman–Crippen MR) is 79.0 cm³/mol. The van der Waals surface area contributed by atoms with Gasteiger partial charge in [0.15, 0.2) is 6.29 Å². The molecule has 4 rings (SSSR count). The molecular weight excluding hydrogens is 306 g/mol. The molecule has 0 saturated heterocycles. The van der Waals surface area contributed by atoms with Crippen LogP contribution in [0, 0.1) is 17.8 Å². The van der Waals surface area contributed by atoms with Crippen LogP contribution in [0.3, 0.4) is 0 Å². The lowest BCUT2D eigenvalue weighted by molar-refractivity contribution is -0.286. The Bertz CT molecular complexity index is 471. The Kier molecular flexibility index (Phi) is 4.00. The van der Waals surface area contributed by atoms with Gasteiger partial charge in [-0.1, -0.05) is 0 Å². The van der Waals surface area contributed by atoms with Crippen LogP contribution < -0.4 is 0 Å². The number of rotatable bonds is 5. The molecule has 3 unspecified atom stereocenters. The summed E-state index contributed by atoms with van der Waals surface area (Å²) in [6.45, 7) is 4.30. The van der Waals surface area contributed by atoms with Gasteiger partial charge in [0.2, 0.25) is 0 Å². The Labute approximate surface area is 135 Å². The van der Waals surface area contributed by atoms with E-state index in [-0.39, 0.29) is 23.7 Å². The predicted octanol–water partition coefficient (Wildman–Crippen LogP) is 3.53. The molecule has 0 amide bonds. The second kappa shape index (κ2) is 5.38. The van der Waals surface area contributed by atoms with Gasteiger partial charge < -0.3 is 14.2 Å². The second-order valence-corrected chi connectivity index (χ2v) is 7.91. The van der Waals surface area contributed by atoms with Crippen molar-refractivity contribution in [3.63, 3.8) is 0 Å². The lowest BCUT2D eigenvalue weighted by Gasteiger charge is -2.63. The van der Waals surface area contributed by atoms with Crippen LogP contribution in [-0.2, 0) is 19.0 Å². The third kappa shape index (κ3) is 2.88. The normalized spacial score (nSPS) is 43.5. The number of esters is 1. The number of hydrogen-bond donors (Lipinski definition) is 0. The summed E-state index contributed by atoms with van der Waals surface area (Å²) < 4.78 is 43.3. The molecular formula is C17H26F2O4. The number of carbonyl (C=O) groups is 1. The van der Waals surface area contributed by atoms with Gasteiger partial charge in [-0.15, -0.1) is 0 Å². The molecule has 132 valence electrons. The number of methoxy groups -OCH3 is 1. The van der Waals surface area contributed by atoms with Crippen molar-refractivity contribution in [3.8, 4) is 0 Å². The summed E-state index contributed by atoms with van der Waals surface area (Å²) in [5.41, 5.74) is -1.07. The summed E-state index contributed by atoms with van der Waals surface area (Å²) in [6.07, 6.45) is 4.02. The minimum atomic E-state index is -3.45. The van der Waals surface area contributed by atoms with Crippen LogP contribution in [-0.4, -0.2) is 36.5 Å². The molecule has 0 radical (unpaired) electrons. The Morgan fingerprint density at radius 3 is 2.26 bits per heavy atom. The first kappa shape index (κ1) is 17.1. The molecule has 0 heterocycles. The highest BCUT2D eigenvalue weighted by atomic mass is 19.3. The van der Waals surface area contributed by atoms with Crippen LogP contribution >= 0.6 is 0 Å². The maximum Gasteiger partial charge on any atom is 0.377 e. The maximum atomic E-state index is 13.3. The summed E-state index contributed by atoms with van der Waals surface area (Å²) >= 11 is 0. The number of ether oxygens (including phenoxy) is 3. The molecule has 4 bridgehead atoms. The van der Waals surface area contributed by atoms with Crippen LogP contribution in [0.4, 0.5) is 8.78 Å². The van der Waals surface area contributed by atoms with Gasteiger partial charge in [-0.2, -0.15) is 8.78 Å². The number of halogens is 2.